The van der Waals surface area contributed by atoms with E-state index in [0.29, 0.717) is 0 Å². The lowest BCUT2D eigenvalue weighted by Gasteiger charge is -1.95. The number of aromatic nitrogens is 3. The maximum absolute atomic E-state index is 4.31. The summed E-state index contributed by atoms with van der Waals surface area (Å²) in [5.41, 5.74) is 2.02. The van der Waals surface area contributed by atoms with Gasteiger partial charge < -0.3 is 0 Å². The standard InChI is InChI=1S/C14H11N3/c1-2-7-14-12(5-1)11-16-17(14)10-8-13-6-3-4-9-15-13/h1-11H/b10-8-. The fraction of sp³-hybridized carbons (Fsp3) is 0. The molecule has 3 nitrogen and oxygen atoms in total. The molecule has 0 atom stereocenters. The smallest absolute Gasteiger partial charge is 0.0734 e. The van der Waals surface area contributed by atoms with Crippen molar-refractivity contribution in [1.82, 2.24) is 14.8 Å². The molecule has 82 valence electrons. The Balaban J connectivity index is 1.98. The van der Waals surface area contributed by atoms with Crippen molar-refractivity contribution in [3.63, 3.8) is 0 Å². The highest BCUT2D eigenvalue weighted by molar-refractivity contribution is 5.81. The molecule has 3 heteroatoms. The molecule has 0 aliphatic carbocycles. The number of hydrogen-bond donors (Lipinski definition) is 0. The van der Waals surface area contributed by atoms with Crippen molar-refractivity contribution in [3.8, 4) is 0 Å². The van der Waals surface area contributed by atoms with Crippen molar-refractivity contribution in [1.29, 1.82) is 0 Å². The van der Waals surface area contributed by atoms with Gasteiger partial charge in [-0.2, -0.15) is 5.10 Å². The minimum atomic E-state index is 0.923. The molecule has 0 saturated heterocycles. The molecular weight excluding hydrogens is 210 g/mol. The largest absolute Gasteiger partial charge is 0.257 e. The van der Waals surface area contributed by atoms with Crippen LogP contribution in [0.2, 0.25) is 0 Å². The van der Waals surface area contributed by atoms with Crippen LogP contribution in [0.25, 0.3) is 23.2 Å². The second kappa shape index (κ2) is 4.22. The van der Waals surface area contributed by atoms with E-state index in [1.54, 1.807) is 6.20 Å². The molecule has 0 spiro atoms. The Hall–Kier alpha value is -2.42. The predicted octanol–water partition coefficient (Wildman–Crippen LogP) is 3.06. The number of benzene rings is 1. The number of nitrogens with zero attached hydrogens (tertiary/aromatic N) is 3. The number of hydrogen-bond acceptors (Lipinski definition) is 2. The van der Waals surface area contributed by atoms with E-state index in [4.69, 9.17) is 0 Å². The first-order chi connectivity index (χ1) is 8.43. The van der Waals surface area contributed by atoms with Gasteiger partial charge >= 0.3 is 0 Å². The SMILES string of the molecule is C(=C/n1ncc2ccccc21)/c1ccccn1. The van der Waals surface area contributed by atoms with Crippen LogP contribution in [-0.2, 0) is 0 Å². The van der Waals surface area contributed by atoms with Crippen molar-refractivity contribution in [2.75, 3.05) is 0 Å². The second-order valence-electron chi connectivity index (χ2n) is 3.72. The molecule has 0 fully saturated rings. The van der Waals surface area contributed by atoms with E-state index < -0.39 is 0 Å². The average Bonchev–Trinajstić information content (AvgIpc) is 2.81. The predicted molar refractivity (Wildman–Crippen MR) is 69.2 cm³/mol. The van der Waals surface area contributed by atoms with Gasteiger partial charge in [-0.3, -0.25) is 4.98 Å². The molecule has 3 aromatic rings. The lowest BCUT2D eigenvalue weighted by molar-refractivity contribution is 0.968. The molecule has 0 radical (unpaired) electrons. The Bertz CT molecular complexity index is 653. The minimum absolute atomic E-state index is 0.923. The molecular formula is C14H11N3. The Morgan fingerprint density at radius 3 is 2.76 bits per heavy atom. The Kier molecular flexibility index (Phi) is 2.43. The summed E-state index contributed by atoms with van der Waals surface area (Å²) < 4.78 is 1.85. The van der Waals surface area contributed by atoms with Crippen LogP contribution in [-0.4, -0.2) is 14.8 Å². The van der Waals surface area contributed by atoms with Crippen LogP contribution in [0.3, 0.4) is 0 Å². The van der Waals surface area contributed by atoms with Crippen LogP contribution in [0.5, 0.6) is 0 Å². The van der Waals surface area contributed by atoms with Crippen molar-refractivity contribution in [2.45, 2.75) is 0 Å². The van der Waals surface area contributed by atoms with Gasteiger partial charge in [-0.1, -0.05) is 24.3 Å². The van der Waals surface area contributed by atoms with Crippen LogP contribution in [0.1, 0.15) is 5.69 Å². The topological polar surface area (TPSA) is 30.7 Å². The van der Waals surface area contributed by atoms with Gasteiger partial charge in [0.2, 0.25) is 0 Å². The summed E-state index contributed by atoms with van der Waals surface area (Å²) >= 11 is 0. The summed E-state index contributed by atoms with van der Waals surface area (Å²) in [6.45, 7) is 0. The number of pyridine rings is 1. The number of para-hydroxylation sites is 1. The van der Waals surface area contributed by atoms with E-state index in [0.717, 1.165) is 16.6 Å². The van der Waals surface area contributed by atoms with Crippen LogP contribution < -0.4 is 0 Å². The first-order valence-corrected chi connectivity index (χ1v) is 5.45. The van der Waals surface area contributed by atoms with E-state index in [2.05, 4.69) is 10.1 Å². The molecule has 0 amide bonds. The second-order valence-corrected chi connectivity index (χ2v) is 3.72. The molecule has 0 aliphatic heterocycles. The summed E-state index contributed by atoms with van der Waals surface area (Å²) in [6, 6.07) is 13.9. The zero-order valence-corrected chi connectivity index (χ0v) is 9.19. The molecule has 2 aromatic heterocycles. The van der Waals surface area contributed by atoms with Crippen molar-refractivity contribution < 1.29 is 0 Å². The fourth-order valence-electron chi connectivity index (χ4n) is 1.73. The van der Waals surface area contributed by atoms with E-state index in [1.165, 1.54) is 0 Å². The minimum Gasteiger partial charge on any atom is -0.257 e. The Morgan fingerprint density at radius 2 is 1.88 bits per heavy atom. The third kappa shape index (κ3) is 1.95. The molecule has 0 saturated carbocycles. The van der Waals surface area contributed by atoms with E-state index >= 15 is 0 Å². The summed E-state index contributed by atoms with van der Waals surface area (Å²) in [6.07, 6.45) is 7.50. The maximum Gasteiger partial charge on any atom is 0.0734 e. The Labute approximate surface area is 99.0 Å². The molecule has 0 aliphatic rings. The van der Waals surface area contributed by atoms with Gasteiger partial charge in [-0.05, 0) is 24.3 Å². The third-order valence-corrected chi connectivity index (χ3v) is 2.58. The summed E-state index contributed by atoms with van der Waals surface area (Å²) in [5, 5.41) is 5.45. The monoisotopic (exact) mass is 221 g/mol. The van der Waals surface area contributed by atoms with Gasteiger partial charge in [-0.15, -0.1) is 0 Å². The van der Waals surface area contributed by atoms with E-state index in [9.17, 15) is 0 Å². The van der Waals surface area contributed by atoms with Gasteiger partial charge in [0.15, 0.2) is 0 Å². The van der Waals surface area contributed by atoms with Crippen LogP contribution >= 0.6 is 0 Å². The highest BCUT2D eigenvalue weighted by Gasteiger charge is 1.97. The van der Waals surface area contributed by atoms with Gasteiger partial charge in [0.25, 0.3) is 0 Å². The number of fused-ring (bicyclic) bond motifs is 1. The van der Waals surface area contributed by atoms with Crippen LogP contribution in [0.15, 0.2) is 54.9 Å². The molecule has 0 unspecified atom stereocenters. The maximum atomic E-state index is 4.31. The van der Waals surface area contributed by atoms with Gasteiger partial charge in [0, 0.05) is 17.8 Å². The van der Waals surface area contributed by atoms with Gasteiger partial charge in [0.1, 0.15) is 0 Å². The van der Waals surface area contributed by atoms with E-state index in [1.807, 2.05) is 65.6 Å². The third-order valence-electron chi connectivity index (χ3n) is 2.58. The summed E-state index contributed by atoms with van der Waals surface area (Å²) in [7, 11) is 0. The zero-order valence-electron chi connectivity index (χ0n) is 9.19. The van der Waals surface area contributed by atoms with Crippen molar-refractivity contribution in [2.24, 2.45) is 0 Å². The summed E-state index contributed by atoms with van der Waals surface area (Å²) in [5.74, 6) is 0. The molecule has 1 aromatic carbocycles. The summed E-state index contributed by atoms with van der Waals surface area (Å²) in [4.78, 5) is 4.23. The lowest BCUT2D eigenvalue weighted by Crippen LogP contribution is -1.87. The normalized spacial score (nSPS) is 11.3. The van der Waals surface area contributed by atoms with Gasteiger partial charge in [-0.25, -0.2) is 4.68 Å². The molecule has 0 bridgehead atoms. The van der Waals surface area contributed by atoms with Crippen molar-refractivity contribution >= 4 is 23.2 Å². The van der Waals surface area contributed by atoms with Gasteiger partial charge in [0.05, 0.1) is 17.4 Å². The Morgan fingerprint density at radius 1 is 1.00 bits per heavy atom. The van der Waals surface area contributed by atoms with Crippen LogP contribution in [0.4, 0.5) is 0 Å². The lowest BCUT2D eigenvalue weighted by atomic mass is 10.3. The number of rotatable bonds is 2. The highest BCUT2D eigenvalue weighted by Crippen LogP contribution is 2.13. The molecule has 17 heavy (non-hydrogen) atoms. The van der Waals surface area contributed by atoms with Crippen molar-refractivity contribution in [3.05, 3.63) is 60.6 Å². The first kappa shape index (κ1) is 9.78. The quantitative estimate of drug-likeness (QED) is 0.665. The molecule has 3 rings (SSSR count). The van der Waals surface area contributed by atoms with Crippen LogP contribution in [0, 0.1) is 0 Å². The first-order valence-electron chi connectivity index (χ1n) is 5.45. The average molecular weight is 221 g/mol. The molecule has 0 N–H and O–H groups in total. The zero-order chi connectivity index (χ0) is 11.5. The van der Waals surface area contributed by atoms with E-state index in [-0.39, 0.29) is 0 Å². The fourth-order valence-corrected chi connectivity index (χ4v) is 1.73. The molecule has 2 heterocycles. The highest BCUT2D eigenvalue weighted by atomic mass is 15.3.